The zero-order valence-corrected chi connectivity index (χ0v) is 5.11. The highest BCUT2D eigenvalue weighted by molar-refractivity contribution is 5.52. The third-order valence-electron chi connectivity index (χ3n) is 0.634. The fraction of sp³-hybridized carbons (Fsp3) is 0.250. The Morgan fingerprint density at radius 1 is 1.80 bits per heavy atom. The van der Waals surface area contributed by atoms with Crippen LogP contribution in [0.2, 0.25) is 0 Å². The predicted octanol–water partition coefficient (Wildman–Crippen LogP) is -1.19. The Hall–Kier alpha value is -1.59. The van der Waals surface area contributed by atoms with E-state index in [2.05, 4.69) is 5.32 Å². The standard InChI is InChI=1S/C4H7N3O3/c5-4(3-7(9)10)6-1-2-8/h2-3,6H,1,5H2/b4-3+. The molecule has 0 fully saturated rings. The summed E-state index contributed by atoms with van der Waals surface area (Å²) >= 11 is 0. The van der Waals surface area contributed by atoms with E-state index >= 15 is 0 Å². The molecule has 0 aromatic rings. The Morgan fingerprint density at radius 2 is 2.40 bits per heavy atom. The van der Waals surface area contributed by atoms with Gasteiger partial charge in [0, 0.05) is 0 Å². The maximum atomic E-state index is 9.69. The van der Waals surface area contributed by atoms with Crippen LogP contribution >= 0.6 is 0 Å². The van der Waals surface area contributed by atoms with Gasteiger partial charge in [0.1, 0.15) is 6.29 Å². The van der Waals surface area contributed by atoms with Gasteiger partial charge in [0.25, 0.3) is 6.20 Å². The van der Waals surface area contributed by atoms with Crippen LogP contribution in [0, 0.1) is 10.1 Å². The van der Waals surface area contributed by atoms with Gasteiger partial charge in [-0.1, -0.05) is 0 Å². The van der Waals surface area contributed by atoms with Crippen LogP contribution in [-0.2, 0) is 4.79 Å². The molecule has 0 amide bonds. The second-order valence-corrected chi connectivity index (χ2v) is 1.42. The van der Waals surface area contributed by atoms with E-state index in [0.29, 0.717) is 12.5 Å². The minimum atomic E-state index is -0.701. The molecule has 0 spiro atoms. The van der Waals surface area contributed by atoms with Crippen molar-refractivity contribution in [1.82, 2.24) is 5.32 Å². The molecular weight excluding hydrogens is 138 g/mol. The number of nitrogens with two attached hydrogens (primary N) is 1. The molecule has 0 saturated carbocycles. The van der Waals surface area contributed by atoms with Gasteiger partial charge in [-0.3, -0.25) is 10.1 Å². The predicted molar refractivity (Wildman–Crippen MR) is 33.3 cm³/mol. The molecule has 0 rings (SSSR count). The highest BCUT2D eigenvalue weighted by atomic mass is 16.6. The summed E-state index contributed by atoms with van der Waals surface area (Å²) in [5, 5.41) is 12.0. The van der Waals surface area contributed by atoms with Gasteiger partial charge < -0.3 is 15.8 Å². The maximum Gasteiger partial charge on any atom is 0.273 e. The summed E-state index contributed by atoms with van der Waals surface area (Å²) in [6.07, 6.45) is 1.14. The zero-order chi connectivity index (χ0) is 7.98. The summed E-state index contributed by atoms with van der Waals surface area (Å²) in [6.45, 7) is -0.0177. The topological polar surface area (TPSA) is 98.3 Å². The molecular formula is C4H7N3O3. The van der Waals surface area contributed by atoms with Crippen molar-refractivity contribution >= 4 is 6.29 Å². The van der Waals surface area contributed by atoms with Crippen molar-refractivity contribution in [2.75, 3.05) is 6.54 Å². The maximum absolute atomic E-state index is 9.69. The Balaban J connectivity index is 3.70. The molecule has 0 aliphatic heterocycles. The molecule has 10 heavy (non-hydrogen) atoms. The van der Waals surface area contributed by atoms with Crippen molar-refractivity contribution in [2.24, 2.45) is 5.73 Å². The summed E-state index contributed by atoms with van der Waals surface area (Å²) in [6, 6.07) is 0. The van der Waals surface area contributed by atoms with Gasteiger partial charge in [-0.05, 0) is 0 Å². The number of carbonyl (C=O) groups excluding carboxylic acids is 1. The molecule has 0 bridgehead atoms. The average molecular weight is 145 g/mol. The Kier molecular flexibility index (Phi) is 3.62. The molecule has 0 atom stereocenters. The fourth-order valence-electron chi connectivity index (χ4n) is 0.319. The van der Waals surface area contributed by atoms with Crippen LogP contribution in [0.5, 0.6) is 0 Å². The smallest absolute Gasteiger partial charge is 0.273 e. The first-order valence-corrected chi connectivity index (χ1v) is 2.45. The van der Waals surface area contributed by atoms with E-state index in [9.17, 15) is 14.9 Å². The van der Waals surface area contributed by atoms with Crippen LogP contribution in [0.3, 0.4) is 0 Å². The zero-order valence-electron chi connectivity index (χ0n) is 5.11. The first-order chi connectivity index (χ1) is 4.66. The summed E-state index contributed by atoms with van der Waals surface area (Å²) in [5.74, 6) is -0.128. The molecule has 6 heteroatoms. The SMILES string of the molecule is N/C(=C\[N+](=O)[O-])NCC=O. The molecule has 0 saturated heterocycles. The van der Waals surface area contributed by atoms with E-state index in [0.717, 1.165) is 0 Å². The van der Waals surface area contributed by atoms with Gasteiger partial charge >= 0.3 is 0 Å². The highest BCUT2D eigenvalue weighted by Gasteiger charge is 1.93. The Bertz CT molecular complexity index is 165. The third kappa shape index (κ3) is 4.57. The quantitative estimate of drug-likeness (QED) is 0.294. The number of rotatable bonds is 4. The van der Waals surface area contributed by atoms with Crippen molar-refractivity contribution < 1.29 is 9.72 Å². The van der Waals surface area contributed by atoms with Crippen LogP contribution < -0.4 is 11.1 Å². The van der Waals surface area contributed by atoms with Gasteiger partial charge in [0.2, 0.25) is 0 Å². The monoisotopic (exact) mass is 145 g/mol. The number of hydrogen-bond donors (Lipinski definition) is 2. The van der Waals surface area contributed by atoms with Crippen LogP contribution in [0.4, 0.5) is 0 Å². The van der Waals surface area contributed by atoms with Crippen molar-refractivity contribution in [1.29, 1.82) is 0 Å². The largest absolute Gasteiger partial charge is 0.380 e. The molecule has 0 aliphatic rings. The minimum Gasteiger partial charge on any atom is -0.380 e. The van der Waals surface area contributed by atoms with E-state index in [1.54, 1.807) is 0 Å². The number of nitrogens with zero attached hydrogens (tertiary/aromatic N) is 1. The summed E-state index contributed by atoms with van der Waals surface area (Å²) < 4.78 is 0. The Labute approximate surface area is 56.8 Å². The van der Waals surface area contributed by atoms with E-state index in [-0.39, 0.29) is 12.4 Å². The summed E-state index contributed by atoms with van der Waals surface area (Å²) in [5.41, 5.74) is 5.01. The minimum absolute atomic E-state index is 0.0177. The van der Waals surface area contributed by atoms with Crippen molar-refractivity contribution in [3.05, 3.63) is 22.1 Å². The van der Waals surface area contributed by atoms with E-state index in [1.165, 1.54) is 0 Å². The molecule has 0 unspecified atom stereocenters. The lowest BCUT2D eigenvalue weighted by Crippen LogP contribution is -2.22. The van der Waals surface area contributed by atoms with Gasteiger partial charge in [0.05, 0.1) is 11.5 Å². The molecule has 3 N–H and O–H groups in total. The normalized spacial score (nSPS) is 10.6. The summed E-state index contributed by atoms with van der Waals surface area (Å²) in [4.78, 5) is 18.7. The molecule has 0 radical (unpaired) electrons. The molecule has 0 aliphatic carbocycles. The lowest BCUT2D eigenvalue weighted by atomic mass is 10.6. The fourth-order valence-corrected chi connectivity index (χ4v) is 0.319. The first kappa shape index (κ1) is 8.41. The van der Waals surface area contributed by atoms with Crippen molar-refractivity contribution in [2.45, 2.75) is 0 Å². The number of nitro groups is 1. The molecule has 0 aromatic heterocycles. The average Bonchev–Trinajstić information content (AvgIpc) is 1.82. The van der Waals surface area contributed by atoms with Crippen LogP contribution in [0.15, 0.2) is 12.0 Å². The van der Waals surface area contributed by atoms with E-state index in [1.807, 2.05) is 0 Å². The molecule has 0 heterocycles. The number of aldehydes is 1. The number of nitrogens with one attached hydrogen (secondary N) is 1. The van der Waals surface area contributed by atoms with E-state index in [4.69, 9.17) is 5.73 Å². The highest BCUT2D eigenvalue weighted by Crippen LogP contribution is 1.75. The van der Waals surface area contributed by atoms with Crippen LogP contribution in [0.25, 0.3) is 0 Å². The lowest BCUT2D eigenvalue weighted by molar-refractivity contribution is -0.403. The van der Waals surface area contributed by atoms with E-state index < -0.39 is 4.92 Å². The van der Waals surface area contributed by atoms with Crippen molar-refractivity contribution in [3.8, 4) is 0 Å². The molecule has 56 valence electrons. The van der Waals surface area contributed by atoms with Crippen LogP contribution in [0.1, 0.15) is 0 Å². The van der Waals surface area contributed by atoms with Gasteiger partial charge in [-0.2, -0.15) is 0 Å². The summed E-state index contributed by atoms with van der Waals surface area (Å²) in [7, 11) is 0. The number of hydrogen-bond acceptors (Lipinski definition) is 5. The van der Waals surface area contributed by atoms with Crippen molar-refractivity contribution in [3.63, 3.8) is 0 Å². The molecule has 6 nitrogen and oxygen atoms in total. The third-order valence-corrected chi connectivity index (χ3v) is 0.634. The van der Waals surface area contributed by atoms with Gasteiger partial charge in [0.15, 0.2) is 5.82 Å². The number of carbonyl (C=O) groups is 1. The first-order valence-electron chi connectivity index (χ1n) is 2.45. The van der Waals surface area contributed by atoms with Crippen LogP contribution in [-0.4, -0.2) is 17.8 Å². The Morgan fingerprint density at radius 3 is 2.80 bits per heavy atom. The molecule has 0 aromatic carbocycles. The van der Waals surface area contributed by atoms with Gasteiger partial charge in [-0.25, -0.2) is 0 Å². The van der Waals surface area contributed by atoms with Gasteiger partial charge in [-0.15, -0.1) is 0 Å². The lowest BCUT2D eigenvalue weighted by Gasteiger charge is -1.95. The second-order valence-electron chi connectivity index (χ2n) is 1.42. The second kappa shape index (κ2) is 4.30.